The topological polar surface area (TPSA) is 59.4 Å². The molecule has 0 atom stereocenters. The number of aryl methyl sites for hydroxylation is 1. The summed E-state index contributed by atoms with van der Waals surface area (Å²) in [6.45, 7) is 3.88. The van der Waals surface area contributed by atoms with E-state index >= 15 is 4.39 Å². The Morgan fingerprint density at radius 2 is 1.67 bits per heavy atom. The molecule has 0 N–H and O–H groups in total. The second kappa shape index (κ2) is 8.22. The molecule has 0 radical (unpaired) electrons. The number of sulfone groups is 1. The fourth-order valence-corrected chi connectivity index (χ4v) is 5.50. The van der Waals surface area contributed by atoms with Gasteiger partial charge in [-0.05, 0) is 44.0 Å². The van der Waals surface area contributed by atoms with Gasteiger partial charge in [0.05, 0.1) is 21.5 Å². The zero-order chi connectivity index (χ0) is 21.3. The van der Waals surface area contributed by atoms with Crippen LogP contribution in [-0.2, 0) is 16.4 Å². The van der Waals surface area contributed by atoms with Crippen molar-refractivity contribution in [2.45, 2.75) is 48.9 Å². The molecular weight excluding hydrogens is 403 g/mol. The van der Waals surface area contributed by atoms with Crippen LogP contribution in [0, 0.1) is 5.82 Å². The molecule has 0 bridgehead atoms. The van der Waals surface area contributed by atoms with Crippen molar-refractivity contribution in [2.75, 3.05) is 18.0 Å². The van der Waals surface area contributed by atoms with Crippen molar-refractivity contribution in [1.82, 2.24) is 4.57 Å². The zero-order valence-corrected chi connectivity index (χ0v) is 17.8. The maximum atomic E-state index is 15.1. The van der Waals surface area contributed by atoms with Crippen LogP contribution in [0.15, 0.2) is 63.2 Å². The van der Waals surface area contributed by atoms with Gasteiger partial charge in [0, 0.05) is 25.8 Å². The summed E-state index contributed by atoms with van der Waals surface area (Å²) in [5, 5.41) is 0.0879. The summed E-state index contributed by atoms with van der Waals surface area (Å²) in [6, 6.07) is 10.7. The Bertz CT molecular complexity index is 1230. The number of anilines is 1. The molecule has 7 heteroatoms. The third-order valence-corrected chi connectivity index (χ3v) is 7.51. The van der Waals surface area contributed by atoms with Crippen LogP contribution in [0.5, 0.6) is 0 Å². The number of benzene rings is 2. The minimum atomic E-state index is -4.01. The summed E-state index contributed by atoms with van der Waals surface area (Å²) in [7, 11) is -4.01. The van der Waals surface area contributed by atoms with E-state index in [0.717, 1.165) is 38.8 Å². The van der Waals surface area contributed by atoms with Gasteiger partial charge in [-0.2, -0.15) is 0 Å². The Labute approximate surface area is 175 Å². The molecule has 0 aliphatic carbocycles. The van der Waals surface area contributed by atoms with Gasteiger partial charge in [0.1, 0.15) is 10.7 Å². The monoisotopic (exact) mass is 428 g/mol. The van der Waals surface area contributed by atoms with E-state index < -0.39 is 21.1 Å². The van der Waals surface area contributed by atoms with Crippen molar-refractivity contribution in [3.63, 3.8) is 0 Å². The highest BCUT2D eigenvalue weighted by Crippen LogP contribution is 2.28. The zero-order valence-electron chi connectivity index (χ0n) is 17.0. The van der Waals surface area contributed by atoms with Gasteiger partial charge < -0.3 is 9.47 Å². The van der Waals surface area contributed by atoms with Crippen LogP contribution in [0.3, 0.4) is 0 Å². The number of hydrogen-bond donors (Lipinski definition) is 0. The van der Waals surface area contributed by atoms with Crippen LogP contribution in [0.4, 0.5) is 10.1 Å². The molecule has 2 aromatic carbocycles. The quantitative estimate of drug-likeness (QED) is 0.619. The minimum Gasteiger partial charge on any atom is -0.369 e. The molecule has 1 fully saturated rings. The van der Waals surface area contributed by atoms with Gasteiger partial charge in [0.2, 0.25) is 15.3 Å². The number of pyridine rings is 1. The van der Waals surface area contributed by atoms with Crippen molar-refractivity contribution in [1.29, 1.82) is 0 Å². The third kappa shape index (κ3) is 3.62. The average Bonchev–Trinajstić information content (AvgIpc) is 3.04. The van der Waals surface area contributed by atoms with E-state index in [0.29, 0.717) is 17.7 Å². The summed E-state index contributed by atoms with van der Waals surface area (Å²) in [6.07, 6.45) is 5.66. The Morgan fingerprint density at radius 1 is 1.00 bits per heavy atom. The van der Waals surface area contributed by atoms with Gasteiger partial charge in [-0.15, -0.1) is 0 Å². The van der Waals surface area contributed by atoms with Crippen molar-refractivity contribution in [3.05, 3.63) is 64.7 Å². The summed E-state index contributed by atoms with van der Waals surface area (Å²) < 4.78 is 43.0. The first kappa shape index (κ1) is 20.6. The van der Waals surface area contributed by atoms with Crippen molar-refractivity contribution in [2.24, 2.45) is 0 Å². The van der Waals surface area contributed by atoms with Crippen LogP contribution in [-0.4, -0.2) is 26.1 Å². The molecule has 0 amide bonds. The van der Waals surface area contributed by atoms with Crippen LogP contribution in [0.2, 0.25) is 0 Å². The molecule has 158 valence electrons. The molecule has 1 aromatic heterocycles. The standard InChI is InChI=1S/C23H25FN2O3S/c1-2-25-16-22(30(28,29)17-10-6-5-7-11-17)23(27)18-14-19(24)21(15-20(18)25)26-12-8-3-4-9-13-26/h5-7,10-11,14-16H,2-4,8-9,12-13H2,1H3. The van der Waals surface area contributed by atoms with Crippen LogP contribution < -0.4 is 10.3 Å². The van der Waals surface area contributed by atoms with Crippen LogP contribution in [0.1, 0.15) is 32.6 Å². The number of nitrogens with zero attached hydrogens (tertiary/aromatic N) is 2. The van der Waals surface area contributed by atoms with E-state index in [1.807, 2.05) is 11.8 Å². The summed E-state index contributed by atoms with van der Waals surface area (Å²) in [4.78, 5) is 14.9. The van der Waals surface area contributed by atoms with Crippen molar-refractivity contribution >= 4 is 26.4 Å². The molecule has 0 unspecified atom stereocenters. The van der Waals surface area contributed by atoms with Gasteiger partial charge in [0.15, 0.2) is 0 Å². The predicted molar refractivity (Wildman–Crippen MR) is 116 cm³/mol. The number of rotatable bonds is 4. The van der Waals surface area contributed by atoms with Crippen molar-refractivity contribution < 1.29 is 12.8 Å². The highest BCUT2D eigenvalue weighted by Gasteiger charge is 2.25. The average molecular weight is 429 g/mol. The number of aromatic nitrogens is 1. The maximum Gasteiger partial charge on any atom is 0.211 e. The van der Waals surface area contributed by atoms with Gasteiger partial charge in [0.25, 0.3) is 0 Å². The second-order valence-electron chi connectivity index (χ2n) is 7.65. The Balaban J connectivity index is 1.92. The van der Waals surface area contributed by atoms with E-state index in [-0.39, 0.29) is 15.2 Å². The molecule has 1 aliphatic rings. The Morgan fingerprint density at radius 3 is 2.30 bits per heavy atom. The lowest BCUT2D eigenvalue weighted by Gasteiger charge is -2.24. The van der Waals surface area contributed by atoms with Gasteiger partial charge in [-0.25, -0.2) is 12.8 Å². The smallest absolute Gasteiger partial charge is 0.211 e. The number of fused-ring (bicyclic) bond motifs is 1. The molecule has 0 spiro atoms. The Kier molecular flexibility index (Phi) is 5.64. The van der Waals surface area contributed by atoms with E-state index in [1.54, 1.807) is 28.8 Å². The molecule has 2 heterocycles. The normalized spacial score (nSPS) is 15.3. The molecule has 4 rings (SSSR count). The van der Waals surface area contributed by atoms with Gasteiger partial charge in [-0.3, -0.25) is 4.79 Å². The summed E-state index contributed by atoms with van der Waals surface area (Å²) in [5.41, 5.74) is 0.361. The van der Waals surface area contributed by atoms with E-state index in [4.69, 9.17) is 0 Å². The molecule has 0 saturated carbocycles. The molecular formula is C23H25FN2O3S. The highest BCUT2D eigenvalue weighted by molar-refractivity contribution is 7.91. The molecule has 3 aromatic rings. The lowest BCUT2D eigenvalue weighted by atomic mass is 10.1. The SMILES string of the molecule is CCn1cc(S(=O)(=O)c2ccccc2)c(=O)c2cc(F)c(N3CCCCCC3)cc21. The largest absolute Gasteiger partial charge is 0.369 e. The van der Waals surface area contributed by atoms with E-state index in [1.165, 1.54) is 24.4 Å². The summed E-state index contributed by atoms with van der Waals surface area (Å²) in [5.74, 6) is -0.488. The fourth-order valence-electron chi connectivity index (χ4n) is 4.11. The maximum absolute atomic E-state index is 15.1. The van der Waals surface area contributed by atoms with Crippen molar-refractivity contribution in [3.8, 4) is 0 Å². The lowest BCUT2D eigenvalue weighted by molar-refractivity contribution is 0.593. The fraction of sp³-hybridized carbons (Fsp3) is 0.348. The highest BCUT2D eigenvalue weighted by atomic mass is 32.2. The van der Waals surface area contributed by atoms with Gasteiger partial charge >= 0.3 is 0 Å². The third-order valence-electron chi connectivity index (χ3n) is 5.75. The molecule has 1 saturated heterocycles. The van der Waals surface area contributed by atoms with Gasteiger partial charge in [-0.1, -0.05) is 31.0 Å². The number of halogens is 1. The van der Waals surface area contributed by atoms with Crippen LogP contribution in [0.25, 0.3) is 10.9 Å². The summed E-state index contributed by atoms with van der Waals surface area (Å²) >= 11 is 0. The lowest BCUT2D eigenvalue weighted by Crippen LogP contribution is -2.26. The van der Waals surface area contributed by atoms with E-state index in [9.17, 15) is 13.2 Å². The second-order valence-corrected chi connectivity index (χ2v) is 9.57. The first-order chi connectivity index (χ1) is 14.4. The first-order valence-corrected chi connectivity index (χ1v) is 11.8. The predicted octanol–water partition coefficient (Wildman–Crippen LogP) is 4.37. The number of hydrogen-bond acceptors (Lipinski definition) is 4. The molecule has 30 heavy (non-hydrogen) atoms. The first-order valence-electron chi connectivity index (χ1n) is 10.3. The molecule has 1 aliphatic heterocycles. The molecule has 5 nitrogen and oxygen atoms in total. The van der Waals surface area contributed by atoms with Crippen LogP contribution >= 0.6 is 0 Å². The minimum absolute atomic E-state index is 0.0470. The Hall–Kier alpha value is -2.67. The van der Waals surface area contributed by atoms with E-state index in [2.05, 4.69) is 0 Å².